The lowest BCUT2D eigenvalue weighted by atomic mass is 10.0. The topological polar surface area (TPSA) is 79.3 Å². The van der Waals surface area contributed by atoms with Gasteiger partial charge in [-0.3, -0.25) is 4.79 Å². The van der Waals surface area contributed by atoms with Crippen LogP contribution in [0.3, 0.4) is 0 Å². The Morgan fingerprint density at radius 2 is 2.12 bits per heavy atom. The largest absolute Gasteiger partial charge is 0.480 e. The second-order valence-electron chi connectivity index (χ2n) is 3.88. The molecule has 92 valence electrons. The van der Waals surface area contributed by atoms with Crippen molar-refractivity contribution in [2.45, 2.75) is 19.9 Å². The van der Waals surface area contributed by atoms with Crippen LogP contribution in [0, 0.1) is 5.92 Å². The Labute approximate surface area is 107 Å². The standard InChI is InChI=1S/C11H13BrN2O3/c1-6(2)8(11(16)17)14-10(15)7-4-3-5-13-9(7)12/h3-6,8H,1-2H3,(H,14,15)(H,16,17)/t8-/m0/s1. The van der Waals surface area contributed by atoms with Gasteiger partial charge in [-0.05, 0) is 34.0 Å². The number of amides is 1. The Balaban J connectivity index is 2.85. The molecule has 0 aromatic carbocycles. The van der Waals surface area contributed by atoms with Crippen molar-refractivity contribution in [1.29, 1.82) is 0 Å². The predicted molar refractivity (Wildman–Crippen MR) is 65.7 cm³/mol. The normalized spacial score (nSPS) is 12.2. The molecule has 0 saturated carbocycles. The van der Waals surface area contributed by atoms with Gasteiger partial charge in [-0.25, -0.2) is 9.78 Å². The third-order valence-electron chi connectivity index (χ3n) is 2.22. The predicted octanol–water partition coefficient (Wildman–Crippen LogP) is 1.68. The van der Waals surface area contributed by atoms with Crippen LogP contribution in [0.2, 0.25) is 0 Å². The number of aromatic nitrogens is 1. The highest BCUT2D eigenvalue weighted by molar-refractivity contribution is 9.10. The molecule has 0 spiro atoms. The summed E-state index contributed by atoms with van der Waals surface area (Å²) in [6.45, 7) is 3.47. The molecule has 1 rings (SSSR count). The van der Waals surface area contributed by atoms with E-state index in [0.29, 0.717) is 10.2 Å². The fraction of sp³-hybridized carbons (Fsp3) is 0.364. The highest BCUT2D eigenvalue weighted by Crippen LogP contribution is 2.13. The molecule has 17 heavy (non-hydrogen) atoms. The van der Waals surface area contributed by atoms with Gasteiger partial charge in [-0.2, -0.15) is 0 Å². The molecule has 2 N–H and O–H groups in total. The van der Waals surface area contributed by atoms with Crippen molar-refractivity contribution in [3.8, 4) is 0 Å². The maximum absolute atomic E-state index is 11.8. The first kappa shape index (κ1) is 13.6. The molecule has 0 aliphatic carbocycles. The molecule has 0 aliphatic heterocycles. The summed E-state index contributed by atoms with van der Waals surface area (Å²) in [6, 6.07) is 2.28. The summed E-state index contributed by atoms with van der Waals surface area (Å²) in [5.74, 6) is -1.69. The van der Waals surface area contributed by atoms with Crippen LogP contribution in [0.15, 0.2) is 22.9 Å². The van der Waals surface area contributed by atoms with Crippen LogP contribution in [-0.4, -0.2) is 28.0 Å². The summed E-state index contributed by atoms with van der Waals surface area (Å²) >= 11 is 3.14. The number of carbonyl (C=O) groups is 2. The molecule has 6 heteroatoms. The van der Waals surface area contributed by atoms with Gasteiger partial charge in [0.15, 0.2) is 0 Å². The summed E-state index contributed by atoms with van der Waals surface area (Å²) in [5.41, 5.74) is 0.319. The van der Waals surface area contributed by atoms with Gasteiger partial charge in [0.1, 0.15) is 10.6 Å². The van der Waals surface area contributed by atoms with E-state index in [1.807, 2.05) is 0 Å². The van der Waals surface area contributed by atoms with Crippen molar-refractivity contribution >= 4 is 27.8 Å². The Morgan fingerprint density at radius 3 is 2.59 bits per heavy atom. The van der Waals surface area contributed by atoms with Crippen LogP contribution >= 0.6 is 15.9 Å². The Kier molecular flexibility index (Phi) is 4.62. The summed E-state index contributed by atoms with van der Waals surface area (Å²) < 4.78 is 0.394. The molecule has 1 aromatic rings. The number of carboxylic acid groups (broad SMARTS) is 1. The van der Waals surface area contributed by atoms with Crippen molar-refractivity contribution < 1.29 is 14.7 Å². The average Bonchev–Trinajstić information content (AvgIpc) is 2.25. The van der Waals surface area contributed by atoms with Gasteiger partial charge in [0, 0.05) is 6.20 Å². The number of nitrogens with zero attached hydrogens (tertiary/aromatic N) is 1. The highest BCUT2D eigenvalue weighted by Gasteiger charge is 2.24. The van der Waals surface area contributed by atoms with Gasteiger partial charge < -0.3 is 10.4 Å². The molecule has 1 aromatic heterocycles. The number of pyridine rings is 1. The van der Waals surface area contributed by atoms with Crippen molar-refractivity contribution in [1.82, 2.24) is 10.3 Å². The minimum absolute atomic E-state index is 0.188. The van der Waals surface area contributed by atoms with E-state index in [1.54, 1.807) is 26.0 Å². The van der Waals surface area contributed by atoms with Gasteiger partial charge in [-0.15, -0.1) is 0 Å². The smallest absolute Gasteiger partial charge is 0.326 e. The Bertz CT molecular complexity index is 434. The van der Waals surface area contributed by atoms with Gasteiger partial charge >= 0.3 is 5.97 Å². The number of hydrogen-bond acceptors (Lipinski definition) is 3. The molecule has 0 unspecified atom stereocenters. The van der Waals surface area contributed by atoms with Crippen molar-refractivity contribution in [2.24, 2.45) is 5.92 Å². The minimum atomic E-state index is -1.05. The zero-order valence-electron chi connectivity index (χ0n) is 9.48. The second-order valence-corrected chi connectivity index (χ2v) is 4.63. The third kappa shape index (κ3) is 3.52. The van der Waals surface area contributed by atoms with Gasteiger partial charge in [0.25, 0.3) is 5.91 Å². The quantitative estimate of drug-likeness (QED) is 0.829. The molecular weight excluding hydrogens is 288 g/mol. The lowest BCUT2D eigenvalue weighted by Gasteiger charge is -2.18. The zero-order chi connectivity index (χ0) is 13.0. The number of hydrogen-bond donors (Lipinski definition) is 2. The van der Waals surface area contributed by atoms with Crippen molar-refractivity contribution in [2.75, 3.05) is 0 Å². The summed E-state index contributed by atoms with van der Waals surface area (Å²) in [4.78, 5) is 26.7. The molecule has 1 amide bonds. The number of halogens is 1. The number of rotatable bonds is 4. The summed E-state index contributed by atoms with van der Waals surface area (Å²) in [6.07, 6.45) is 1.54. The SMILES string of the molecule is CC(C)[C@H](NC(=O)c1cccnc1Br)C(=O)O. The van der Waals surface area contributed by atoms with E-state index in [-0.39, 0.29) is 5.92 Å². The van der Waals surface area contributed by atoms with Gasteiger partial charge in [0.2, 0.25) is 0 Å². The Hall–Kier alpha value is -1.43. The zero-order valence-corrected chi connectivity index (χ0v) is 11.1. The number of carbonyl (C=O) groups excluding carboxylic acids is 1. The van der Waals surface area contributed by atoms with E-state index >= 15 is 0 Å². The minimum Gasteiger partial charge on any atom is -0.480 e. The maximum atomic E-state index is 11.8. The number of nitrogens with one attached hydrogen (secondary N) is 1. The maximum Gasteiger partial charge on any atom is 0.326 e. The average molecular weight is 301 g/mol. The van der Waals surface area contributed by atoms with E-state index < -0.39 is 17.9 Å². The fourth-order valence-corrected chi connectivity index (χ4v) is 1.72. The van der Waals surface area contributed by atoms with Crippen LogP contribution < -0.4 is 5.32 Å². The van der Waals surface area contributed by atoms with E-state index in [2.05, 4.69) is 26.2 Å². The van der Waals surface area contributed by atoms with Crippen LogP contribution in [0.4, 0.5) is 0 Å². The molecule has 1 heterocycles. The van der Waals surface area contributed by atoms with E-state index in [9.17, 15) is 9.59 Å². The van der Waals surface area contributed by atoms with Crippen LogP contribution in [-0.2, 0) is 4.79 Å². The van der Waals surface area contributed by atoms with Crippen LogP contribution in [0.25, 0.3) is 0 Å². The fourth-order valence-electron chi connectivity index (χ4n) is 1.29. The lowest BCUT2D eigenvalue weighted by molar-refractivity contribution is -0.140. The highest BCUT2D eigenvalue weighted by atomic mass is 79.9. The lowest BCUT2D eigenvalue weighted by Crippen LogP contribution is -2.44. The molecule has 0 bridgehead atoms. The molecule has 0 aliphatic rings. The molecule has 1 atom stereocenters. The van der Waals surface area contributed by atoms with Crippen LogP contribution in [0.5, 0.6) is 0 Å². The third-order valence-corrected chi connectivity index (χ3v) is 2.85. The van der Waals surface area contributed by atoms with Gasteiger partial charge in [0.05, 0.1) is 5.56 Å². The van der Waals surface area contributed by atoms with Crippen LogP contribution in [0.1, 0.15) is 24.2 Å². The van der Waals surface area contributed by atoms with E-state index in [4.69, 9.17) is 5.11 Å². The molecular formula is C11H13BrN2O3. The molecule has 5 nitrogen and oxygen atoms in total. The first-order chi connectivity index (χ1) is 7.93. The molecule has 0 saturated heterocycles. The second kappa shape index (κ2) is 5.77. The van der Waals surface area contributed by atoms with Crippen molar-refractivity contribution in [3.05, 3.63) is 28.5 Å². The van der Waals surface area contributed by atoms with E-state index in [0.717, 1.165) is 0 Å². The first-order valence-electron chi connectivity index (χ1n) is 5.07. The summed E-state index contributed by atoms with van der Waals surface area (Å²) in [7, 11) is 0. The van der Waals surface area contributed by atoms with Gasteiger partial charge in [-0.1, -0.05) is 13.8 Å². The number of aliphatic carboxylic acids is 1. The summed E-state index contributed by atoms with van der Waals surface area (Å²) in [5, 5.41) is 11.4. The first-order valence-corrected chi connectivity index (χ1v) is 5.87. The van der Waals surface area contributed by atoms with E-state index in [1.165, 1.54) is 6.20 Å². The molecule has 0 fully saturated rings. The Morgan fingerprint density at radius 1 is 1.47 bits per heavy atom. The molecule has 0 radical (unpaired) electrons. The number of carboxylic acids is 1. The monoisotopic (exact) mass is 300 g/mol. The van der Waals surface area contributed by atoms with Crippen molar-refractivity contribution in [3.63, 3.8) is 0 Å².